The summed E-state index contributed by atoms with van der Waals surface area (Å²) in [6.07, 6.45) is 0. The van der Waals surface area contributed by atoms with Gasteiger partial charge in [0.25, 0.3) is 0 Å². The minimum absolute atomic E-state index is 0. The first kappa shape index (κ1) is 48.9. The minimum Gasteiger partial charge on any atom is -2.00 e. The molecule has 0 N–H and O–H groups in total. The molecule has 0 aliphatic carbocycles. The standard InChI is InChI=1S/Co.Cr.Fe.O/q+2;+3;+2;-2. The summed E-state index contributed by atoms with van der Waals surface area (Å²) in [4.78, 5) is 0. The van der Waals surface area contributed by atoms with Crippen LogP contribution >= 0.6 is 0 Å². The summed E-state index contributed by atoms with van der Waals surface area (Å²) in [6.45, 7) is 0. The summed E-state index contributed by atoms with van der Waals surface area (Å²) in [7, 11) is 0. The molecule has 0 spiro atoms. The third-order valence-electron chi connectivity index (χ3n) is 0. The molecule has 0 atom stereocenters. The van der Waals surface area contributed by atoms with Crippen LogP contribution in [0.5, 0.6) is 0 Å². The molecule has 0 aliphatic rings. The van der Waals surface area contributed by atoms with Gasteiger partial charge in [-0.3, -0.25) is 0 Å². The van der Waals surface area contributed by atoms with Gasteiger partial charge in [-0.25, -0.2) is 0 Å². The molecule has 0 aromatic rings. The molecule has 0 heterocycles. The number of hydrogen-bond donors (Lipinski definition) is 0. The fourth-order valence-electron chi connectivity index (χ4n) is 0. The maximum Gasteiger partial charge on any atom is 3.00 e. The molecular weight excluding hydrogens is 183 g/mol. The van der Waals surface area contributed by atoms with E-state index in [1.54, 1.807) is 0 Å². The van der Waals surface area contributed by atoms with Crippen molar-refractivity contribution in [1.29, 1.82) is 0 Å². The summed E-state index contributed by atoms with van der Waals surface area (Å²) in [5.74, 6) is 0. The van der Waals surface area contributed by atoms with Crippen molar-refractivity contribution in [3.05, 3.63) is 0 Å². The van der Waals surface area contributed by atoms with Gasteiger partial charge in [0, 0.05) is 0 Å². The van der Waals surface area contributed by atoms with Gasteiger partial charge in [0.05, 0.1) is 0 Å². The van der Waals surface area contributed by atoms with E-state index in [0.29, 0.717) is 0 Å². The Morgan fingerprint density at radius 3 is 1.00 bits per heavy atom. The van der Waals surface area contributed by atoms with Gasteiger partial charge in [-0.2, -0.15) is 0 Å². The SMILES string of the molecule is [Co+2].[Cr+3].[Fe+2].[O-2]. The van der Waals surface area contributed by atoms with Gasteiger partial charge in [-0.05, 0) is 0 Å². The zero-order valence-electron chi connectivity index (χ0n) is 1.50. The summed E-state index contributed by atoms with van der Waals surface area (Å²) in [5, 5.41) is 0. The Morgan fingerprint density at radius 1 is 1.00 bits per heavy atom. The van der Waals surface area contributed by atoms with Crippen LogP contribution in [-0.2, 0) is 56.7 Å². The summed E-state index contributed by atoms with van der Waals surface area (Å²) in [5.41, 5.74) is 0. The fraction of sp³-hybridized carbons (Fsp3) is 0. The number of rotatable bonds is 0. The van der Waals surface area contributed by atoms with Gasteiger partial charge in [0.2, 0.25) is 0 Å². The summed E-state index contributed by atoms with van der Waals surface area (Å²) >= 11 is 0. The van der Waals surface area contributed by atoms with Crippen LogP contribution in [0, 0.1) is 0 Å². The molecular formula is CoCrFeO+5. The van der Waals surface area contributed by atoms with Gasteiger partial charge in [-0.1, -0.05) is 0 Å². The van der Waals surface area contributed by atoms with Crippen molar-refractivity contribution in [1.82, 2.24) is 0 Å². The van der Waals surface area contributed by atoms with Crippen molar-refractivity contribution in [2.45, 2.75) is 0 Å². The molecule has 0 bridgehead atoms. The quantitative estimate of drug-likeness (QED) is 0.468. The average Bonchev–Trinajstić information content (AvgIpc) is 0. The maximum absolute atomic E-state index is 0. The molecule has 1 nitrogen and oxygen atoms in total. The van der Waals surface area contributed by atoms with E-state index in [1.165, 1.54) is 0 Å². The second-order valence-corrected chi connectivity index (χ2v) is 0. The van der Waals surface area contributed by atoms with Crippen molar-refractivity contribution < 1.29 is 56.7 Å². The van der Waals surface area contributed by atoms with Crippen LogP contribution in [-0.4, -0.2) is 0 Å². The largest absolute Gasteiger partial charge is 3.00 e. The second kappa shape index (κ2) is 24.3. The molecule has 0 unspecified atom stereocenters. The Labute approximate surface area is 56.6 Å². The van der Waals surface area contributed by atoms with Crippen molar-refractivity contribution in [2.24, 2.45) is 0 Å². The molecule has 0 aliphatic heterocycles. The van der Waals surface area contributed by atoms with Crippen molar-refractivity contribution in [3.63, 3.8) is 0 Å². The summed E-state index contributed by atoms with van der Waals surface area (Å²) in [6, 6.07) is 0. The van der Waals surface area contributed by atoms with E-state index in [1.807, 2.05) is 0 Å². The van der Waals surface area contributed by atoms with E-state index in [2.05, 4.69) is 0 Å². The van der Waals surface area contributed by atoms with Crippen LogP contribution in [0.25, 0.3) is 0 Å². The first-order chi connectivity index (χ1) is 0. The van der Waals surface area contributed by atoms with E-state index in [4.69, 9.17) is 0 Å². The predicted molar refractivity (Wildman–Crippen MR) is 0.686 cm³/mol. The Morgan fingerprint density at radius 2 is 1.00 bits per heavy atom. The molecule has 2 radical (unpaired) electrons. The van der Waals surface area contributed by atoms with Crippen LogP contribution in [0.1, 0.15) is 0 Å². The second-order valence-electron chi connectivity index (χ2n) is 0. The Balaban J connectivity index is 0. The molecule has 0 rings (SSSR count). The van der Waals surface area contributed by atoms with Gasteiger partial charge in [0.15, 0.2) is 0 Å². The van der Waals surface area contributed by atoms with Crippen LogP contribution in [0.4, 0.5) is 0 Å². The van der Waals surface area contributed by atoms with E-state index in [-0.39, 0.29) is 56.7 Å². The minimum atomic E-state index is 0. The van der Waals surface area contributed by atoms with Gasteiger partial charge >= 0.3 is 51.2 Å². The fourth-order valence-corrected chi connectivity index (χ4v) is 0. The smallest absolute Gasteiger partial charge is 2.00 e. The monoisotopic (exact) mass is 183 g/mol. The van der Waals surface area contributed by atoms with E-state index >= 15 is 0 Å². The van der Waals surface area contributed by atoms with Crippen molar-refractivity contribution in [3.8, 4) is 0 Å². The molecule has 0 aromatic heterocycles. The normalized spacial score (nSPS) is 0. The molecule has 0 fully saturated rings. The Bertz CT molecular complexity index is 8.00. The van der Waals surface area contributed by atoms with Crippen LogP contribution in [0.15, 0.2) is 0 Å². The van der Waals surface area contributed by atoms with E-state index in [9.17, 15) is 0 Å². The maximum atomic E-state index is 0. The summed E-state index contributed by atoms with van der Waals surface area (Å²) < 4.78 is 0. The Hall–Kier alpha value is 1.52. The average molecular weight is 183 g/mol. The Kier molecular flexibility index (Phi) is 296. The zero-order chi connectivity index (χ0) is 0. The molecule has 24 valence electrons. The number of hydrogen-bond acceptors (Lipinski definition) is 0. The van der Waals surface area contributed by atoms with Gasteiger partial charge in [-0.15, -0.1) is 0 Å². The molecule has 0 saturated carbocycles. The van der Waals surface area contributed by atoms with Gasteiger partial charge in [0.1, 0.15) is 0 Å². The van der Waals surface area contributed by atoms with E-state index in [0.717, 1.165) is 0 Å². The van der Waals surface area contributed by atoms with Crippen LogP contribution in [0.3, 0.4) is 0 Å². The molecule has 4 heavy (non-hydrogen) atoms. The van der Waals surface area contributed by atoms with Crippen LogP contribution < -0.4 is 0 Å². The van der Waals surface area contributed by atoms with Crippen molar-refractivity contribution in [2.75, 3.05) is 0 Å². The van der Waals surface area contributed by atoms with Crippen LogP contribution in [0.2, 0.25) is 0 Å². The third-order valence-corrected chi connectivity index (χ3v) is 0. The first-order valence-electron chi connectivity index (χ1n) is 0. The third kappa shape index (κ3) is 9.68. The molecule has 4 heteroatoms. The predicted octanol–water partition coefficient (Wildman–Crippen LogP) is -0.126. The van der Waals surface area contributed by atoms with Gasteiger partial charge < -0.3 is 5.48 Å². The van der Waals surface area contributed by atoms with E-state index < -0.39 is 0 Å². The zero-order valence-corrected chi connectivity index (χ0v) is 4.92. The molecule has 0 aromatic carbocycles. The molecule has 0 amide bonds. The van der Waals surface area contributed by atoms with Crippen molar-refractivity contribution >= 4 is 0 Å². The molecule has 0 saturated heterocycles. The first-order valence-corrected chi connectivity index (χ1v) is 0. The topological polar surface area (TPSA) is 28.5 Å².